The number of rotatable bonds is 5. The van der Waals surface area contributed by atoms with E-state index < -0.39 is 5.82 Å². The molecule has 0 aliphatic carbocycles. The normalized spacial score (nSPS) is 10.5. The van der Waals surface area contributed by atoms with E-state index in [0.717, 1.165) is 18.4 Å². The van der Waals surface area contributed by atoms with Crippen LogP contribution < -0.4 is 10.1 Å². The summed E-state index contributed by atoms with van der Waals surface area (Å²) in [4.78, 5) is 8.31. The Kier molecular flexibility index (Phi) is 5.36. The van der Waals surface area contributed by atoms with E-state index >= 15 is 0 Å². The van der Waals surface area contributed by atoms with Gasteiger partial charge < -0.3 is 10.1 Å². The van der Waals surface area contributed by atoms with Gasteiger partial charge in [-0.3, -0.25) is 0 Å². The smallest absolute Gasteiger partial charge is 0.227 e. The van der Waals surface area contributed by atoms with Crippen molar-refractivity contribution >= 4 is 33.3 Å². The van der Waals surface area contributed by atoms with Gasteiger partial charge in [0.15, 0.2) is 0 Å². The molecule has 21 heavy (non-hydrogen) atoms. The second-order valence-electron chi connectivity index (χ2n) is 4.30. The number of nitrogens with one attached hydrogen (secondary N) is 1. The second-order valence-corrected chi connectivity index (χ2v) is 5.57. The summed E-state index contributed by atoms with van der Waals surface area (Å²) in [5.41, 5.74) is 0.852. The molecule has 0 amide bonds. The fourth-order valence-corrected chi connectivity index (χ4v) is 2.58. The highest BCUT2D eigenvalue weighted by atomic mass is 79.9. The predicted octanol–water partition coefficient (Wildman–Crippen LogP) is 4.82. The third-order valence-electron chi connectivity index (χ3n) is 2.82. The van der Waals surface area contributed by atoms with Gasteiger partial charge in [0.2, 0.25) is 5.88 Å². The molecule has 0 aliphatic heterocycles. The van der Waals surface area contributed by atoms with Crippen molar-refractivity contribution < 1.29 is 9.13 Å². The Morgan fingerprint density at radius 2 is 2.14 bits per heavy atom. The topological polar surface area (TPSA) is 47.0 Å². The van der Waals surface area contributed by atoms with Gasteiger partial charge in [-0.25, -0.2) is 14.4 Å². The van der Waals surface area contributed by atoms with Gasteiger partial charge in [0, 0.05) is 13.1 Å². The SMILES string of the molecule is CCCc1c(NC)ncnc1Oc1cc(F)c(Cl)cc1Br. The largest absolute Gasteiger partial charge is 0.437 e. The molecule has 1 aromatic heterocycles. The van der Waals surface area contributed by atoms with Crippen LogP contribution in [0.4, 0.5) is 10.2 Å². The van der Waals surface area contributed by atoms with Gasteiger partial charge in [0.25, 0.3) is 0 Å². The molecule has 112 valence electrons. The van der Waals surface area contributed by atoms with Crippen LogP contribution in [0.15, 0.2) is 22.9 Å². The number of anilines is 1. The molecular formula is C14H14BrClFN3O. The van der Waals surface area contributed by atoms with Crippen molar-refractivity contribution in [3.8, 4) is 11.6 Å². The van der Waals surface area contributed by atoms with Gasteiger partial charge in [-0.05, 0) is 28.4 Å². The number of hydrogen-bond donors (Lipinski definition) is 1. The Morgan fingerprint density at radius 1 is 1.38 bits per heavy atom. The Balaban J connectivity index is 2.42. The van der Waals surface area contributed by atoms with E-state index in [1.54, 1.807) is 7.05 Å². The zero-order valence-electron chi connectivity index (χ0n) is 11.6. The molecule has 2 aromatic rings. The average Bonchev–Trinajstić information content (AvgIpc) is 2.46. The van der Waals surface area contributed by atoms with Crippen LogP contribution in [0.1, 0.15) is 18.9 Å². The monoisotopic (exact) mass is 373 g/mol. The Labute approximate surface area is 135 Å². The lowest BCUT2D eigenvalue weighted by Gasteiger charge is -2.13. The maximum Gasteiger partial charge on any atom is 0.227 e. The summed E-state index contributed by atoms with van der Waals surface area (Å²) in [6.45, 7) is 2.05. The number of nitrogens with zero attached hydrogens (tertiary/aromatic N) is 2. The molecule has 4 nitrogen and oxygen atoms in total. The van der Waals surface area contributed by atoms with Gasteiger partial charge in [0.05, 0.1) is 15.1 Å². The lowest BCUT2D eigenvalue weighted by atomic mass is 10.1. The van der Waals surface area contributed by atoms with Crippen LogP contribution in [0, 0.1) is 5.82 Å². The molecule has 0 saturated heterocycles. The number of ether oxygens (including phenoxy) is 1. The maximum atomic E-state index is 13.6. The summed E-state index contributed by atoms with van der Waals surface area (Å²) in [5, 5.41) is 3.03. The zero-order valence-corrected chi connectivity index (χ0v) is 13.9. The summed E-state index contributed by atoms with van der Waals surface area (Å²) < 4.78 is 19.9. The van der Waals surface area contributed by atoms with Crippen molar-refractivity contribution in [3.05, 3.63) is 39.3 Å². The van der Waals surface area contributed by atoms with E-state index in [9.17, 15) is 4.39 Å². The Morgan fingerprint density at radius 3 is 2.81 bits per heavy atom. The molecule has 2 rings (SSSR count). The van der Waals surface area contributed by atoms with Crippen LogP contribution in [-0.4, -0.2) is 17.0 Å². The molecule has 0 radical (unpaired) electrons. The fraction of sp³-hybridized carbons (Fsp3) is 0.286. The molecule has 0 aliphatic rings. The maximum absolute atomic E-state index is 13.6. The van der Waals surface area contributed by atoms with Gasteiger partial charge in [-0.1, -0.05) is 24.9 Å². The Hall–Kier alpha value is -1.40. The highest BCUT2D eigenvalue weighted by Crippen LogP contribution is 2.35. The highest BCUT2D eigenvalue weighted by Gasteiger charge is 2.15. The third-order valence-corrected chi connectivity index (χ3v) is 3.73. The molecule has 7 heteroatoms. The summed E-state index contributed by atoms with van der Waals surface area (Å²) in [7, 11) is 1.78. The van der Waals surface area contributed by atoms with Crippen LogP contribution in [0.3, 0.4) is 0 Å². The van der Waals surface area contributed by atoms with E-state index in [4.69, 9.17) is 16.3 Å². The standard InChI is InChI=1S/C14H14BrClFN3O/c1-3-4-8-13(18-2)19-7-20-14(8)21-12-6-11(17)10(16)5-9(12)15/h5-7H,3-4H2,1-2H3,(H,18,19,20). The minimum absolute atomic E-state index is 0.0293. The summed E-state index contributed by atoms with van der Waals surface area (Å²) in [6, 6.07) is 2.68. The highest BCUT2D eigenvalue weighted by molar-refractivity contribution is 9.10. The van der Waals surface area contributed by atoms with Crippen molar-refractivity contribution in [3.63, 3.8) is 0 Å². The molecule has 0 bridgehead atoms. The van der Waals surface area contributed by atoms with Crippen molar-refractivity contribution in [2.24, 2.45) is 0 Å². The lowest BCUT2D eigenvalue weighted by molar-refractivity contribution is 0.447. The summed E-state index contributed by atoms with van der Waals surface area (Å²) in [5.74, 6) is 0.871. The van der Waals surface area contributed by atoms with Gasteiger partial charge >= 0.3 is 0 Å². The van der Waals surface area contributed by atoms with Crippen molar-refractivity contribution in [1.82, 2.24) is 9.97 Å². The zero-order chi connectivity index (χ0) is 15.4. The van der Waals surface area contributed by atoms with Crippen LogP contribution in [-0.2, 0) is 6.42 Å². The van der Waals surface area contributed by atoms with Crippen LogP contribution in [0.2, 0.25) is 5.02 Å². The number of halogens is 3. The number of aromatic nitrogens is 2. The van der Waals surface area contributed by atoms with E-state index in [2.05, 4.69) is 31.2 Å². The first-order chi connectivity index (χ1) is 10.1. The van der Waals surface area contributed by atoms with Crippen molar-refractivity contribution in [2.45, 2.75) is 19.8 Å². The molecule has 0 spiro atoms. The van der Waals surface area contributed by atoms with E-state index in [-0.39, 0.29) is 5.02 Å². The quantitative estimate of drug-likeness (QED) is 0.762. The summed E-state index contributed by atoms with van der Waals surface area (Å²) in [6.07, 6.45) is 3.06. The molecular weight excluding hydrogens is 361 g/mol. The van der Waals surface area contributed by atoms with Gasteiger partial charge in [-0.15, -0.1) is 0 Å². The van der Waals surface area contributed by atoms with E-state index in [1.165, 1.54) is 18.5 Å². The van der Waals surface area contributed by atoms with E-state index in [1.807, 2.05) is 6.92 Å². The minimum Gasteiger partial charge on any atom is -0.437 e. The lowest BCUT2D eigenvalue weighted by Crippen LogP contribution is -2.03. The third kappa shape index (κ3) is 3.63. The molecule has 0 atom stereocenters. The molecule has 0 saturated carbocycles. The number of benzene rings is 1. The first-order valence-corrected chi connectivity index (χ1v) is 7.58. The second kappa shape index (κ2) is 7.04. The molecule has 1 aromatic carbocycles. The van der Waals surface area contributed by atoms with Crippen LogP contribution >= 0.6 is 27.5 Å². The Bertz CT molecular complexity index is 654. The van der Waals surface area contributed by atoms with Crippen molar-refractivity contribution in [2.75, 3.05) is 12.4 Å². The van der Waals surface area contributed by atoms with Crippen LogP contribution in [0.5, 0.6) is 11.6 Å². The van der Waals surface area contributed by atoms with Crippen molar-refractivity contribution in [1.29, 1.82) is 0 Å². The number of hydrogen-bond acceptors (Lipinski definition) is 4. The predicted molar refractivity (Wildman–Crippen MR) is 84.8 cm³/mol. The molecule has 1 heterocycles. The molecule has 1 N–H and O–H groups in total. The van der Waals surface area contributed by atoms with Crippen LogP contribution in [0.25, 0.3) is 0 Å². The molecule has 0 unspecified atom stereocenters. The van der Waals surface area contributed by atoms with Gasteiger partial charge in [0.1, 0.15) is 23.7 Å². The van der Waals surface area contributed by atoms with Gasteiger partial charge in [-0.2, -0.15) is 0 Å². The average molecular weight is 375 g/mol. The molecule has 0 fully saturated rings. The fourth-order valence-electron chi connectivity index (χ4n) is 1.86. The first-order valence-electron chi connectivity index (χ1n) is 6.40. The first kappa shape index (κ1) is 16.0. The minimum atomic E-state index is -0.546. The van der Waals surface area contributed by atoms with E-state index in [0.29, 0.717) is 21.9 Å². The summed E-state index contributed by atoms with van der Waals surface area (Å²) >= 11 is 9.02.